The highest BCUT2D eigenvalue weighted by molar-refractivity contribution is 9.10. The molecule has 0 radical (unpaired) electrons. The maximum Gasteiger partial charge on any atom is 0.317 e. The number of benzene rings is 3. The zero-order chi connectivity index (χ0) is 20.4. The molecule has 0 amide bonds. The summed E-state index contributed by atoms with van der Waals surface area (Å²) >= 11 is 3.56. The van der Waals surface area contributed by atoms with Gasteiger partial charge >= 0.3 is 5.97 Å². The van der Waals surface area contributed by atoms with Crippen LogP contribution in [0.1, 0.15) is 28.9 Å². The molecule has 0 spiro atoms. The van der Waals surface area contributed by atoms with Gasteiger partial charge in [0.15, 0.2) is 0 Å². The van der Waals surface area contributed by atoms with E-state index >= 15 is 0 Å². The second-order valence-electron chi connectivity index (χ2n) is 6.93. The molecule has 29 heavy (non-hydrogen) atoms. The Labute approximate surface area is 178 Å². The van der Waals surface area contributed by atoms with Crippen LogP contribution in [-0.2, 0) is 4.79 Å². The topological polar surface area (TPSA) is 61.8 Å². The van der Waals surface area contributed by atoms with E-state index in [4.69, 9.17) is 4.74 Å². The zero-order valence-corrected chi connectivity index (χ0v) is 17.5. The van der Waals surface area contributed by atoms with Gasteiger partial charge in [-0.15, -0.1) is 0 Å². The number of nitrogens with one attached hydrogen (secondary N) is 1. The molecular formula is C23H21BrN2O3. The van der Waals surface area contributed by atoms with Gasteiger partial charge in [0.2, 0.25) is 0 Å². The summed E-state index contributed by atoms with van der Waals surface area (Å²) in [5.41, 5.74) is 4.05. The summed E-state index contributed by atoms with van der Waals surface area (Å²) in [5.74, 6) is -0.108. The average Bonchev–Trinajstić information content (AvgIpc) is 2.73. The summed E-state index contributed by atoms with van der Waals surface area (Å²) in [6.07, 6.45) is -0.295. The van der Waals surface area contributed by atoms with Crippen molar-refractivity contribution in [3.05, 3.63) is 94.0 Å². The molecule has 1 heterocycles. The fourth-order valence-electron chi connectivity index (χ4n) is 3.86. The second-order valence-corrected chi connectivity index (χ2v) is 7.85. The fraction of sp³-hybridized carbons (Fsp3) is 0.174. The number of nitrogens with zero attached hydrogens (tertiary/aromatic N) is 1. The quantitative estimate of drug-likeness (QED) is 0.566. The van der Waals surface area contributed by atoms with Crippen molar-refractivity contribution in [3.8, 4) is 5.75 Å². The van der Waals surface area contributed by atoms with Crippen LogP contribution in [0.25, 0.3) is 0 Å². The van der Waals surface area contributed by atoms with Crippen molar-refractivity contribution in [3.63, 3.8) is 0 Å². The summed E-state index contributed by atoms with van der Waals surface area (Å²) in [6.45, 7) is -0.102. The molecular weight excluding hydrogens is 432 g/mol. The first-order valence-electron chi connectivity index (χ1n) is 9.29. The minimum atomic E-state index is -0.871. The van der Waals surface area contributed by atoms with E-state index in [0.29, 0.717) is 0 Å². The lowest BCUT2D eigenvalue weighted by Crippen LogP contribution is -2.44. The van der Waals surface area contributed by atoms with Gasteiger partial charge in [0.1, 0.15) is 11.9 Å². The molecule has 6 heteroatoms. The van der Waals surface area contributed by atoms with Crippen LogP contribution in [0.4, 0.5) is 5.69 Å². The minimum Gasteiger partial charge on any atom is -0.497 e. The summed E-state index contributed by atoms with van der Waals surface area (Å²) in [5, 5.41) is 13.2. The lowest BCUT2D eigenvalue weighted by Gasteiger charge is -2.44. The number of rotatable bonds is 5. The predicted molar refractivity (Wildman–Crippen MR) is 116 cm³/mol. The van der Waals surface area contributed by atoms with Gasteiger partial charge in [-0.05, 0) is 47.0 Å². The normalized spacial score (nSPS) is 18.6. The number of carbonyl (C=O) groups is 1. The maximum atomic E-state index is 11.8. The third-order valence-electron chi connectivity index (χ3n) is 5.13. The SMILES string of the molecule is COc1ccc([C@H]2Nc3ccc(Br)cc3[C@H](c3ccccc3)N2CC(=O)O)cc1. The molecule has 3 aromatic rings. The summed E-state index contributed by atoms with van der Waals surface area (Å²) in [7, 11) is 1.63. The van der Waals surface area contributed by atoms with Crippen LogP contribution in [0.5, 0.6) is 5.75 Å². The van der Waals surface area contributed by atoms with Gasteiger partial charge in [0, 0.05) is 10.2 Å². The molecule has 2 N–H and O–H groups in total. The first-order chi connectivity index (χ1) is 14.1. The van der Waals surface area contributed by atoms with Gasteiger partial charge in [-0.2, -0.15) is 0 Å². The Bertz CT molecular complexity index is 1010. The molecule has 0 saturated heterocycles. The molecule has 0 unspecified atom stereocenters. The highest BCUT2D eigenvalue weighted by Gasteiger charge is 2.37. The van der Waals surface area contributed by atoms with Crippen molar-refractivity contribution in [1.82, 2.24) is 4.90 Å². The van der Waals surface area contributed by atoms with Crippen LogP contribution in [0, 0.1) is 0 Å². The first kappa shape index (κ1) is 19.5. The Hall–Kier alpha value is -2.83. The molecule has 5 nitrogen and oxygen atoms in total. The molecule has 0 aliphatic carbocycles. The van der Waals surface area contributed by atoms with Crippen LogP contribution in [0.2, 0.25) is 0 Å². The van der Waals surface area contributed by atoms with Gasteiger partial charge in [-0.1, -0.05) is 58.4 Å². The van der Waals surface area contributed by atoms with E-state index in [0.717, 1.165) is 32.6 Å². The molecule has 4 rings (SSSR count). The van der Waals surface area contributed by atoms with E-state index in [1.54, 1.807) is 7.11 Å². The first-order valence-corrected chi connectivity index (χ1v) is 10.1. The zero-order valence-electron chi connectivity index (χ0n) is 15.9. The average molecular weight is 453 g/mol. The van der Waals surface area contributed by atoms with Crippen molar-refractivity contribution in [1.29, 1.82) is 0 Å². The van der Waals surface area contributed by atoms with Gasteiger partial charge in [-0.3, -0.25) is 9.69 Å². The molecule has 0 aromatic heterocycles. The number of hydrogen-bond acceptors (Lipinski definition) is 4. The maximum absolute atomic E-state index is 11.8. The lowest BCUT2D eigenvalue weighted by atomic mass is 9.91. The molecule has 0 bridgehead atoms. The Morgan fingerprint density at radius 1 is 1.07 bits per heavy atom. The van der Waals surface area contributed by atoms with E-state index in [1.165, 1.54) is 0 Å². The highest BCUT2D eigenvalue weighted by Crippen LogP contribution is 2.44. The van der Waals surface area contributed by atoms with Crippen LogP contribution < -0.4 is 10.1 Å². The third kappa shape index (κ3) is 3.99. The number of carboxylic acid groups (broad SMARTS) is 1. The highest BCUT2D eigenvalue weighted by atomic mass is 79.9. The number of methoxy groups -OCH3 is 1. The smallest absolute Gasteiger partial charge is 0.317 e. The van der Waals surface area contributed by atoms with Gasteiger partial charge < -0.3 is 15.2 Å². The van der Waals surface area contributed by atoms with E-state index < -0.39 is 5.97 Å². The van der Waals surface area contributed by atoms with Gasteiger partial charge in [-0.25, -0.2) is 0 Å². The molecule has 0 saturated carbocycles. The number of carboxylic acids is 1. The Kier molecular flexibility index (Phi) is 5.56. The van der Waals surface area contributed by atoms with Crippen molar-refractivity contribution in [2.75, 3.05) is 19.0 Å². The Morgan fingerprint density at radius 3 is 2.45 bits per heavy atom. The van der Waals surface area contributed by atoms with E-state index in [-0.39, 0.29) is 18.8 Å². The Balaban J connectivity index is 1.87. The third-order valence-corrected chi connectivity index (χ3v) is 5.62. The Morgan fingerprint density at radius 2 is 1.79 bits per heavy atom. The predicted octanol–water partition coefficient (Wildman–Crippen LogP) is 5.06. The molecule has 0 fully saturated rings. The van der Waals surface area contributed by atoms with Gasteiger partial charge in [0.25, 0.3) is 0 Å². The molecule has 1 aliphatic heterocycles. The van der Waals surface area contributed by atoms with Crippen molar-refractivity contribution in [2.24, 2.45) is 0 Å². The number of aliphatic carboxylic acids is 1. The number of ether oxygens (including phenoxy) is 1. The standard InChI is InChI=1S/C23H21BrN2O3/c1-29-18-10-7-16(8-11-18)23-25-20-12-9-17(24)13-19(20)22(26(23)14-21(27)28)15-5-3-2-4-6-15/h2-13,22-23,25H,14H2,1H3,(H,27,28)/t22-,23-/m0/s1. The minimum absolute atomic E-state index is 0.102. The monoisotopic (exact) mass is 452 g/mol. The van der Waals surface area contributed by atoms with Crippen LogP contribution in [0.3, 0.4) is 0 Å². The number of halogens is 1. The molecule has 3 aromatic carbocycles. The van der Waals surface area contributed by atoms with Crippen molar-refractivity contribution >= 4 is 27.6 Å². The summed E-state index contributed by atoms with van der Waals surface area (Å²) in [4.78, 5) is 13.8. The van der Waals surface area contributed by atoms with E-state index in [9.17, 15) is 9.90 Å². The second kappa shape index (κ2) is 8.27. The fourth-order valence-corrected chi connectivity index (χ4v) is 4.23. The van der Waals surface area contributed by atoms with Crippen molar-refractivity contribution in [2.45, 2.75) is 12.2 Å². The van der Waals surface area contributed by atoms with Crippen LogP contribution in [0.15, 0.2) is 77.3 Å². The van der Waals surface area contributed by atoms with Crippen molar-refractivity contribution < 1.29 is 14.6 Å². The summed E-state index contributed by atoms with van der Waals surface area (Å²) in [6, 6.07) is 23.6. The lowest BCUT2D eigenvalue weighted by molar-refractivity contribution is -0.139. The molecule has 1 aliphatic rings. The number of fused-ring (bicyclic) bond motifs is 1. The van der Waals surface area contributed by atoms with E-state index in [2.05, 4.69) is 27.3 Å². The van der Waals surface area contributed by atoms with Crippen LogP contribution >= 0.6 is 15.9 Å². The van der Waals surface area contributed by atoms with Crippen LogP contribution in [-0.4, -0.2) is 29.6 Å². The number of hydrogen-bond donors (Lipinski definition) is 2. The largest absolute Gasteiger partial charge is 0.497 e. The summed E-state index contributed by atoms with van der Waals surface area (Å²) < 4.78 is 6.23. The molecule has 148 valence electrons. The molecule has 2 atom stereocenters. The van der Waals surface area contributed by atoms with E-state index in [1.807, 2.05) is 71.6 Å². The number of anilines is 1. The van der Waals surface area contributed by atoms with Gasteiger partial charge in [0.05, 0.1) is 19.7 Å².